The Morgan fingerprint density at radius 1 is 0.884 bits per heavy atom. The number of rotatable bonds is 12. The quantitative estimate of drug-likeness (QED) is 0.320. The van der Waals surface area contributed by atoms with Gasteiger partial charge in [-0.1, -0.05) is 61.0 Å². The lowest BCUT2D eigenvalue weighted by Gasteiger charge is -2.41. The summed E-state index contributed by atoms with van der Waals surface area (Å²) in [5.74, 6) is -0.495. The number of amides is 4. The summed E-state index contributed by atoms with van der Waals surface area (Å²) in [6, 6.07) is -1.44. The second kappa shape index (κ2) is 16.1. The lowest BCUT2D eigenvalue weighted by Crippen LogP contribution is -2.60. The number of hydrogen-bond acceptors (Lipinski definition) is 5. The molecule has 0 radical (unpaired) electrons. The third kappa shape index (κ3) is 9.53. The van der Waals surface area contributed by atoms with Gasteiger partial charge in [-0.2, -0.15) is 0 Å². The van der Waals surface area contributed by atoms with Crippen LogP contribution in [0.4, 0.5) is 0 Å². The van der Waals surface area contributed by atoms with E-state index < -0.39 is 17.5 Å². The van der Waals surface area contributed by atoms with Gasteiger partial charge in [0, 0.05) is 31.2 Å². The molecule has 0 spiro atoms. The minimum atomic E-state index is -0.719. The van der Waals surface area contributed by atoms with Crippen molar-refractivity contribution in [1.82, 2.24) is 25.3 Å². The van der Waals surface area contributed by atoms with Crippen LogP contribution in [0.5, 0.6) is 0 Å². The zero-order valence-electron chi connectivity index (χ0n) is 29.0. The zero-order chi connectivity index (χ0) is 32.6. The van der Waals surface area contributed by atoms with Crippen LogP contribution in [0.25, 0.3) is 0 Å². The van der Waals surface area contributed by atoms with Gasteiger partial charge in [0.05, 0.1) is 12.1 Å². The Bertz CT molecular complexity index is 997. The first kappa shape index (κ1) is 36.8. The van der Waals surface area contributed by atoms with E-state index in [0.717, 1.165) is 45.1 Å². The molecule has 4 atom stereocenters. The molecule has 2 aliphatic rings. The van der Waals surface area contributed by atoms with Crippen LogP contribution in [0.2, 0.25) is 0 Å². The van der Waals surface area contributed by atoms with E-state index >= 15 is 0 Å². The van der Waals surface area contributed by atoms with Gasteiger partial charge in [-0.15, -0.1) is 0 Å². The molecule has 2 aliphatic heterocycles. The van der Waals surface area contributed by atoms with E-state index in [0.29, 0.717) is 18.5 Å². The van der Waals surface area contributed by atoms with Crippen molar-refractivity contribution < 1.29 is 19.2 Å². The monoisotopic (exact) mass is 603 g/mol. The fourth-order valence-corrected chi connectivity index (χ4v) is 6.47. The van der Waals surface area contributed by atoms with Crippen LogP contribution in [0.3, 0.4) is 0 Å². The number of carbonyl (C=O) groups excluding carboxylic acids is 4. The van der Waals surface area contributed by atoms with Crippen LogP contribution in [0.15, 0.2) is 11.6 Å². The maximum atomic E-state index is 14.1. The molecule has 2 unspecified atom stereocenters. The average Bonchev–Trinajstić information content (AvgIpc) is 3.45. The highest BCUT2D eigenvalue weighted by molar-refractivity contribution is 5.97. The van der Waals surface area contributed by atoms with E-state index in [1.807, 2.05) is 40.7 Å². The lowest BCUT2D eigenvalue weighted by atomic mass is 9.84. The summed E-state index contributed by atoms with van der Waals surface area (Å²) in [4.78, 5) is 60.0. The predicted molar refractivity (Wildman–Crippen MR) is 173 cm³/mol. The number of piperidine rings is 1. The Labute approximate surface area is 261 Å². The largest absolute Gasteiger partial charge is 0.352 e. The summed E-state index contributed by atoms with van der Waals surface area (Å²) in [5, 5.41) is 6.24. The van der Waals surface area contributed by atoms with Gasteiger partial charge in [-0.05, 0) is 77.2 Å². The number of hydrogen-bond donors (Lipinski definition) is 2. The van der Waals surface area contributed by atoms with Crippen LogP contribution in [0.1, 0.15) is 114 Å². The Morgan fingerprint density at radius 3 is 2.00 bits per heavy atom. The van der Waals surface area contributed by atoms with Gasteiger partial charge in [-0.3, -0.25) is 24.1 Å². The topological polar surface area (TPSA) is 102 Å². The van der Waals surface area contributed by atoms with Crippen molar-refractivity contribution in [1.29, 1.82) is 0 Å². The summed E-state index contributed by atoms with van der Waals surface area (Å²) in [5.41, 5.74) is 0.00563. The number of nitrogens with one attached hydrogen (secondary N) is 2. The second-order valence-corrected chi connectivity index (χ2v) is 14.4. The average molecular weight is 604 g/mol. The SMILES string of the molecule is CCC(CC)NC(=O)C1CCCN1C(=O)/C(C)=C/[C@H](C(C)C)N(C)C(=O)C(NC(=O)[C@H]1CCCCN1C(C)C)C(C)(C)C. The lowest BCUT2D eigenvalue weighted by molar-refractivity contribution is -0.142. The van der Waals surface area contributed by atoms with Crippen LogP contribution in [0, 0.1) is 11.3 Å². The molecule has 0 aromatic carbocycles. The second-order valence-electron chi connectivity index (χ2n) is 14.4. The molecule has 2 N–H and O–H groups in total. The van der Waals surface area contributed by atoms with Crippen molar-refractivity contribution in [2.24, 2.45) is 11.3 Å². The summed E-state index contributed by atoms with van der Waals surface area (Å²) in [6.07, 6.45) is 7.87. The molecule has 2 rings (SSSR count). The van der Waals surface area contributed by atoms with Gasteiger partial charge in [0.1, 0.15) is 12.1 Å². The summed E-state index contributed by atoms with van der Waals surface area (Å²) < 4.78 is 0. The molecule has 2 fully saturated rings. The molecule has 2 saturated heterocycles. The summed E-state index contributed by atoms with van der Waals surface area (Å²) in [7, 11) is 1.76. The first-order valence-corrected chi connectivity index (χ1v) is 16.7. The van der Waals surface area contributed by atoms with Gasteiger partial charge in [-0.25, -0.2) is 0 Å². The van der Waals surface area contributed by atoms with Crippen LogP contribution in [-0.4, -0.2) is 94.7 Å². The first-order chi connectivity index (χ1) is 20.0. The normalized spacial score (nSPS) is 21.7. The highest BCUT2D eigenvalue weighted by Gasteiger charge is 2.40. The molecule has 0 bridgehead atoms. The molecule has 9 nitrogen and oxygen atoms in total. The molecule has 0 aliphatic carbocycles. The van der Waals surface area contributed by atoms with Gasteiger partial charge in [0.25, 0.3) is 0 Å². The minimum Gasteiger partial charge on any atom is -0.352 e. The third-order valence-corrected chi connectivity index (χ3v) is 9.29. The number of carbonyl (C=O) groups is 4. The molecular weight excluding hydrogens is 542 g/mol. The van der Waals surface area contributed by atoms with Gasteiger partial charge >= 0.3 is 0 Å². The first-order valence-electron chi connectivity index (χ1n) is 16.7. The highest BCUT2D eigenvalue weighted by Crippen LogP contribution is 2.27. The predicted octanol–water partition coefficient (Wildman–Crippen LogP) is 4.51. The van der Waals surface area contributed by atoms with E-state index in [-0.39, 0.29) is 53.7 Å². The van der Waals surface area contributed by atoms with Gasteiger partial charge in [0.15, 0.2) is 0 Å². The number of nitrogens with zero attached hydrogens (tertiary/aromatic N) is 3. The molecule has 43 heavy (non-hydrogen) atoms. The molecule has 246 valence electrons. The fraction of sp³-hybridized carbons (Fsp3) is 0.824. The number of likely N-dealkylation sites (N-methyl/N-ethyl adjacent to an activating group) is 1. The molecule has 0 saturated carbocycles. The molecule has 4 amide bonds. The van der Waals surface area contributed by atoms with Crippen molar-refractivity contribution in [2.75, 3.05) is 20.1 Å². The smallest absolute Gasteiger partial charge is 0.249 e. The fourth-order valence-electron chi connectivity index (χ4n) is 6.47. The van der Waals surface area contributed by atoms with E-state index in [4.69, 9.17) is 0 Å². The van der Waals surface area contributed by atoms with Crippen LogP contribution >= 0.6 is 0 Å². The maximum absolute atomic E-state index is 14.1. The van der Waals surface area contributed by atoms with Gasteiger partial charge in [0.2, 0.25) is 23.6 Å². The van der Waals surface area contributed by atoms with Crippen molar-refractivity contribution >= 4 is 23.6 Å². The molecule has 9 heteroatoms. The van der Waals surface area contributed by atoms with Crippen molar-refractivity contribution in [3.05, 3.63) is 11.6 Å². The Kier molecular flexibility index (Phi) is 13.7. The summed E-state index contributed by atoms with van der Waals surface area (Å²) in [6.45, 7) is 21.5. The molecule has 0 aromatic heterocycles. The Hall–Kier alpha value is -2.42. The zero-order valence-corrected chi connectivity index (χ0v) is 29.0. The van der Waals surface area contributed by atoms with Crippen LogP contribution in [-0.2, 0) is 19.2 Å². The number of likely N-dealkylation sites (tertiary alicyclic amines) is 2. The van der Waals surface area contributed by atoms with E-state index in [1.54, 1.807) is 23.8 Å². The Balaban J connectivity index is 2.26. The van der Waals surface area contributed by atoms with E-state index in [2.05, 4.69) is 43.2 Å². The molecular formula is C34H61N5O4. The third-order valence-electron chi connectivity index (χ3n) is 9.29. The summed E-state index contributed by atoms with van der Waals surface area (Å²) >= 11 is 0. The van der Waals surface area contributed by atoms with Crippen molar-refractivity contribution in [2.45, 2.75) is 150 Å². The minimum absolute atomic E-state index is 0.0235. The van der Waals surface area contributed by atoms with E-state index in [9.17, 15) is 19.2 Å². The molecule has 2 heterocycles. The Morgan fingerprint density at radius 2 is 1.47 bits per heavy atom. The van der Waals surface area contributed by atoms with Crippen LogP contribution < -0.4 is 10.6 Å². The van der Waals surface area contributed by atoms with Crippen molar-refractivity contribution in [3.63, 3.8) is 0 Å². The highest BCUT2D eigenvalue weighted by atomic mass is 16.2. The van der Waals surface area contributed by atoms with E-state index in [1.165, 1.54) is 0 Å². The van der Waals surface area contributed by atoms with Crippen molar-refractivity contribution in [3.8, 4) is 0 Å². The van der Waals surface area contributed by atoms with Gasteiger partial charge < -0.3 is 20.4 Å². The molecule has 0 aromatic rings. The maximum Gasteiger partial charge on any atom is 0.249 e. The standard InChI is InChI=1S/C34H61N5O4/c1-12-25(13-2)35-30(40)27-18-16-20-39(27)32(42)24(7)21-28(22(3)4)37(11)33(43)29(34(8,9)10)36-31(41)26-17-14-15-19-38(26)23(5)6/h21-23,25-29H,12-20H2,1-11H3,(H,35,40)(H,36,41)/b24-21+/t26-,27?,28-,29?/m1/s1.